The number of rotatable bonds is 9. The maximum atomic E-state index is 12.0. The number of methoxy groups -OCH3 is 1. The first-order valence-corrected chi connectivity index (χ1v) is 8.18. The molecule has 4 N–H and O–H groups in total. The predicted octanol–water partition coefficient (Wildman–Crippen LogP) is -1.21. The average Bonchev–Trinajstić information content (AvgIpc) is 2.55. The highest BCUT2D eigenvalue weighted by Gasteiger charge is 2.18. The van der Waals surface area contributed by atoms with Gasteiger partial charge in [-0.25, -0.2) is 0 Å². The van der Waals surface area contributed by atoms with E-state index in [1.165, 1.54) is 0 Å². The normalized spacial score (nSPS) is 12.6. The number of likely N-dealkylation sites (N-methyl/N-ethyl adjacent to an activating group) is 2. The standard InChI is InChI=1S/C17H26N4O4/c1-5-18-17(24)12(2)19-15(22)10-21(3)11-16(23)20-13-6-8-14(25-4)9-7-13/h6-9,12H,5,10-11H2,1-4H3,(H,18,24)(H,19,22)(H,20,23)/p+1/t12-/m0/s1. The zero-order chi connectivity index (χ0) is 18.8. The number of ether oxygens (including phenoxy) is 1. The van der Waals surface area contributed by atoms with Crippen LogP contribution in [0.5, 0.6) is 5.75 Å². The fraction of sp³-hybridized carbons (Fsp3) is 0.471. The lowest BCUT2D eigenvalue weighted by Gasteiger charge is -2.16. The summed E-state index contributed by atoms with van der Waals surface area (Å²) in [7, 11) is 3.31. The van der Waals surface area contributed by atoms with E-state index in [2.05, 4.69) is 16.0 Å². The minimum absolute atomic E-state index is 0.0970. The smallest absolute Gasteiger partial charge is 0.279 e. The Morgan fingerprint density at radius 1 is 1.12 bits per heavy atom. The molecule has 0 aliphatic rings. The van der Waals surface area contributed by atoms with Gasteiger partial charge in [-0.1, -0.05) is 0 Å². The Hall–Kier alpha value is -2.61. The third kappa shape index (κ3) is 7.67. The lowest BCUT2D eigenvalue weighted by molar-refractivity contribution is -0.862. The van der Waals surface area contributed by atoms with Crippen LogP contribution in [0.3, 0.4) is 0 Å². The number of hydrogen-bond donors (Lipinski definition) is 4. The molecule has 0 saturated heterocycles. The van der Waals surface area contributed by atoms with Gasteiger partial charge in [-0.05, 0) is 38.1 Å². The van der Waals surface area contributed by atoms with E-state index >= 15 is 0 Å². The quantitative estimate of drug-likeness (QED) is 0.448. The molecule has 1 unspecified atom stereocenters. The zero-order valence-electron chi connectivity index (χ0n) is 15.1. The molecule has 0 spiro atoms. The molecule has 3 amide bonds. The minimum atomic E-state index is -0.603. The van der Waals surface area contributed by atoms with Crippen LogP contribution in [0.25, 0.3) is 0 Å². The van der Waals surface area contributed by atoms with Crippen molar-refractivity contribution in [3.05, 3.63) is 24.3 Å². The highest BCUT2D eigenvalue weighted by Crippen LogP contribution is 2.14. The van der Waals surface area contributed by atoms with Crippen LogP contribution in [0.1, 0.15) is 13.8 Å². The van der Waals surface area contributed by atoms with Crippen molar-refractivity contribution in [3.8, 4) is 5.75 Å². The highest BCUT2D eigenvalue weighted by atomic mass is 16.5. The third-order valence-electron chi connectivity index (χ3n) is 3.42. The van der Waals surface area contributed by atoms with Gasteiger partial charge in [-0.15, -0.1) is 0 Å². The van der Waals surface area contributed by atoms with Gasteiger partial charge in [0.25, 0.3) is 11.8 Å². The van der Waals surface area contributed by atoms with Crippen LogP contribution in [-0.2, 0) is 14.4 Å². The second-order valence-electron chi connectivity index (χ2n) is 5.77. The van der Waals surface area contributed by atoms with Crippen molar-refractivity contribution in [3.63, 3.8) is 0 Å². The monoisotopic (exact) mass is 351 g/mol. The highest BCUT2D eigenvalue weighted by molar-refractivity contribution is 5.91. The van der Waals surface area contributed by atoms with Gasteiger partial charge < -0.3 is 25.6 Å². The van der Waals surface area contributed by atoms with Gasteiger partial charge in [-0.3, -0.25) is 14.4 Å². The first-order chi connectivity index (χ1) is 11.8. The number of amides is 3. The summed E-state index contributed by atoms with van der Waals surface area (Å²) in [6, 6.07) is 6.39. The van der Waals surface area contributed by atoms with E-state index in [1.807, 2.05) is 6.92 Å². The van der Waals surface area contributed by atoms with Crippen molar-refractivity contribution >= 4 is 23.4 Å². The van der Waals surface area contributed by atoms with Crippen LogP contribution in [0.4, 0.5) is 5.69 Å². The summed E-state index contributed by atoms with van der Waals surface area (Å²) in [6.07, 6.45) is 0. The number of benzene rings is 1. The van der Waals surface area contributed by atoms with Crippen LogP contribution in [0.15, 0.2) is 24.3 Å². The molecule has 1 aromatic rings. The second kappa shape index (κ2) is 10.3. The van der Waals surface area contributed by atoms with Gasteiger partial charge in [-0.2, -0.15) is 0 Å². The molecule has 8 nitrogen and oxygen atoms in total. The number of carbonyl (C=O) groups excluding carboxylic acids is 3. The molecule has 0 aromatic heterocycles. The Morgan fingerprint density at radius 3 is 2.28 bits per heavy atom. The summed E-state index contributed by atoms with van der Waals surface area (Å²) in [6.45, 7) is 4.17. The number of anilines is 1. The molecule has 138 valence electrons. The molecule has 0 radical (unpaired) electrons. The van der Waals surface area contributed by atoms with Crippen LogP contribution >= 0.6 is 0 Å². The van der Waals surface area contributed by atoms with Crippen LogP contribution in [-0.4, -0.2) is 57.6 Å². The first kappa shape index (κ1) is 20.4. The van der Waals surface area contributed by atoms with Gasteiger partial charge in [0.1, 0.15) is 11.8 Å². The van der Waals surface area contributed by atoms with E-state index in [4.69, 9.17) is 4.74 Å². The molecule has 0 fully saturated rings. The molecule has 0 aliphatic heterocycles. The molecule has 0 saturated carbocycles. The van der Waals surface area contributed by atoms with Crippen molar-refractivity contribution in [2.24, 2.45) is 0 Å². The molecule has 0 aliphatic carbocycles. The summed E-state index contributed by atoms with van der Waals surface area (Å²) in [5.74, 6) is -0.00913. The van der Waals surface area contributed by atoms with E-state index < -0.39 is 6.04 Å². The molecular weight excluding hydrogens is 324 g/mol. The van der Waals surface area contributed by atoms with Crippen molar-refractivity contribution in [1.82, 2.24) is 10.6 Å². The number of carbonyl (C=O) groups is 3. The van der Waals surface area contributed by atoms with Gasteiger partial charge in [0.2, 0.25) is 5.91 Å². The molecule has 1 aromatic carbocycles. The van der Waals surface area contributed by atoms with Crippen molar-refractivity contribution in [2.75, 3.05) is 39.1 Å². The van der Waals surface area contributed by atoms with E-state index in [9.17, 15) is 14.4 Å². The van der Waals surface area contributed by atoms with E-state index in [-0.39, 0.29) is 30.8 Å². The second-order valence-corrected chi connectivity index (χ2v) is 5.77. The fourth-order valence-corrected chi connectivity index (χ4v) is 2.18. The number of hydrogen-bond acceptors (Lipinski definition) is 4. The largest absolute Gasteiger partial charge is 0.497 e. The third-order valence-corrected chi connectivity index (χ3v) is 3.42. The van der Waals surface area contributed by atoms with Crippen molar-refractivity contribution in [1.29, 1.82) is 0 Å². The van der Waals surface area contributed by atoms with Gasteiger partial charge >= 0.3 is 0 Å². The topological polar surface area (TPSA) is 101 Å². The summed E-state index contributed by atoms with van der Waals surface area (Å²) in [4.78, 5) is 36.2. The summed E-state index contributed by atoms with van der Waals surface area (Å²) < 4.78 is 5.06. The first-order valence-electron chi connectivity index (χ1n) is 8.18. The Labute approximate surface area is 147 Å². The molecule has 25 heavy (non-hydrogen) atoms. The van der Waals surface area contributed by atoms with E-state index in [1.54, 1.807) is 45.3 Å². The molecule has 2 atom stereocenters. The number of quaternary nitrogens is 1. The summed E-state index contributed by atoms with van der Waals surface area (Å²) in [5.41, 5.74) is 0.660. The average molecular weight is 351 g/mol. The Bertz CT molecular complexity index is 589. The molecule has 0 bridgehead atoms. The van der Waals surface area contributed by atoms with Gasteiger partial charge in [0.05, 0.1) is 14.2 Å². The minimum Gasteiger partial charge on any atom is -0.497 e. The summed E-state index contributed by atoms with van der Waals surface area (Å²) >= 11 is 0. The van der Waals surface area contributed by atoms with Gasteiger partial charge in [0, 0.05) is 12.2 Å². The van der Waals surface area contributed by atoms with Crippen LogP contribution in [0.2, 0.25) is 0 Å². The number of nitrogens with one attached hydrogen (secondary N) is 4. The maximum absolute atomic E-state index is 12.0. The molecular formula is C17H27N4O4+. The fourth-order valence-electron chi connectivity index (χ4n) is 2.18. The maximum Gasteiger partial charge on any atom is 0.279 e. The van der Waals surface area contributed by atoms with Crippen LogP contribution < -0.4 is 25.6 Å². The lowest BCUT2D eigenvalue weighted by Crippen LogP contribution is -3.11. The van der Waals surface area contributed by atoms with E-state index in [0.717, 1.165) is 0 Å². The van der Waals surface area contributed by atoms with Gasteiger partial charge in [0.15, 0.2) is 13.1 Å². The Morgan fingerprint density at radius 2 is 1.72 bits per heavy atom. The molecule has 8 heteroatoms. The van der Waals surface area contributed by atoms with Crippen molar-refractivity contribution in [2.45, 2.75) is 19.9 Å². The van der Waals surface area contributed by atoms with E-state index in [0.29, 0.717) is 22.9 Å². The Kier molecular flexibility index (Phi) is 8.42. The summed E-state index contributed by atoms with van der Waals surface area (Å²) in [5, 5.41) is 8.01. The zero-order valence-corrected chi connectivity index (χ0v) is 15.1. The van der Waals surface area contributed by atoms with Crippen LogP contribution in [0, 0.1) is 0 Å². The lowest BCUT2D eigenvalue weighted by atomic mass is 10.3. The predicted molar refractivity (Wildman–Crippen MR) is 94.5 cm³/mol. The Balaban J connectivity index is 2.39. The SMILES string of the molecule is CCNC(=O)[C@H](C)NC(=O)C[NH+](C)CC(=O)Nc1ccc(OC)cc1. The molecule has 1 rings (SSSR count). The molecule has 0 heterocycles. The van der Waals surface area contributed by atoms with Crippen molar-refractivity contribution < 1.29 is 24.0 Å².